The second kappa shape index (κ2) is 12.0. The number of aryl methyl sites for hydroxylation is 2. The Balaban J connectivity index is 1.54. The fourth-order valence-electron chi connectivity index (χ4n) is 3.64. The Morgan fingerprint density at radius 2 is 1.87 bits per heavy atom. The molecule has 0 atom stereocenters. The summed E-state index contributed by atoms with van der Waals surface area (Å²) in [6, 6.07) is 12.8. The number of hydrogen-bond acceptors (Lipinski definition) is 4. The summed E-state index contributed by atoms with van der Waals surface area (Å²) in [5.74, 6) is -0.641. The summed E-state index contributed by atoms with van der Waals surface area (Å²) in [6.07, 6.45) is 2.58. The number of alkyl halides is 3. The first-order valence-electron chi connectivity index (χ1n) is 11.9. The monoisotopic (exact) mass is 556 g/mol. The first kappa shape index (κ1) is 27.7. The molecule has 0 saturated heterocycles. The van der Waals surface area contributed by atoms with Crippen molar-refractivity contribution >= 4 is 29.5 Å². The third kappa shape index (κ3) is 7.38. The lowest BCUT2D eigenvalue weighted by Crippen LogP contribution is -2.35. The number of aromatic nitrogens is 2. The number of furan rings is 1. The highest BCUT2D eigenvalue weighted by atomic mass is 35.5. The minimum absolute atomic E-state index is 0.0670. The number of amides is 2. The normalized spacial score (nSPS) is 11.9. The van der Waals surface area contributed by atoms with E-state index in [-0.39, 0.29) is 27.8 Å². The Labute approximate surface area is 227 Å². The van der Waals surface area contributed by atoms with E-state index < -0.39 is 23.6 Å². The molecule has 39 heavy (non-hydrogen) atoms. The van der Waals surface area contributed by atoms with Gasteiger partial charge in [0.05, 0.1) is 16.9 Å². The number of nitrogens with one attached hydrogen (secondary N) is 2. The van der Waals surface area contributed by atoms with Gasteiger partial charge in [0.15, 0.2) is 0 Å². The molecule has 0 fully saturated rings. The van der Waals surface area contributed by atoms with Crippen LogP contribution in [0.25, 0.3) is 17.4 Å². The van der Waals surface area contributed by atoms with Crippen LogP contribution >= 0.6 is 11.6 Å². The van der Waals surface area contributed by atoms with Crippen LogP contribution in [0.15, 0.2) is 83.4 Å². The van der Waals surface area contributed by atoms with E-state index in [1.807, 2.05) is 17.7 Å². The number of carbonyl (C=O) groups is 2. The maximum absolute atomic E-state index is 13.0. The molecule has 2 N–H and O–H groups in total. The molecule has 0 bridgehead atoms. The van der Waals surface area contributed by atoms with Crippen molar-refractivity contribution in [2.24, 2.45) is 0 Å². The van der Waals surface area contributed by atoms with Crippen LogP contribution in [0.3, 0.4) is 0 Å². The van der Waals surface area contributed by atoms with Gasteiger partial charge in [-0.05, 0) is 55.8 Å². The van der Waals surface area contributed by atoms with Gasteiger partial charge in [0.25, 0.3) is 11.8 Å². The lowest BCUT2D eigenvalue weighted by molar-refractivity contribution is -0.137. The summed E-state index contributed by atoms with van der Waals surface area (Å²) >= 11 is 6.09. The third-order valence-electron chi connectivity index (χ3n) is 5.72. The molecule has 0 aliphatic rings. The van der Waals surface area contributed by atoms with Gasteiger partial charge in [-0.1, -0.05) is 29.3 Å². The maximum Gasteiger partial charge on any atom is 0.416 e. The smallest absolute Gasteiger partial charge is 0.416 e. The second-order valence-electron chi connectivity index (χ2n) is 8.68. The van der Waals surface area contributed by atoms with Crippen molar-refractivity contribution in [1.29, 1.82) is 0 Å². The number of imidazole rings is 1. The average Bonchev–Trinajstić information content (AvgIpc) is 3.58. The lowest BCUT2D eigenvalue weighted by Gasteiger charge is -2.11. The molecule has 4 rings (SSSR count). The SMILES string of the molecule is Cc1ccc(C(=O)NC(=Cc2ccc(-c3ccc(C(F)(F)F)cc3Cl)o2)C(=O)NCCCn2ccnc2)cc1. The van der Waals surface area contributed by atoms with E-state index in [9.17, 15) is 22.8 Å². The molecule has 2 amide bonds. The third-order valence-corrected chi connectivity index (χ3v) is 6.03. The van der Waals surface area contributed by atoms with E-state index in [0.29, 0.717) is 25.1 Å². The zero-order chi connectivity index (χ0) is 28.0. The molecular weight excluding hydrogens is 533 g/mol. The van der Waals surface area contributed by atoms with Crippen LogP contribution in [0, 0.1) is 6.92 Å². The quantitative estimate of drug-likeness (QED) is 0.192. The van der Waals surface area contributed by atoms with Crippen molar-refractivity contribution < 1.29 is 27.2 Å². The van der Waals surface area contributed by atoms with E-state index in [1.165, 1.54) is 24.3 Å². The molecule has 0 aliphatic heterocycles. The van der Waals surface area contributed by atoms with Gasteiger partial charge in [-0.25, -0.2) is 4.98 Å². The molecule has 202 valence electrons. The number of halogens is 4. The average molecular weight is 557 g/mol. The van der Waals surface area contributed by atoms with Crippen LogP contribution in [0.2, 0.25) is 5.02 Å². The van der Waals surface area contributed by atoms with Gasteiger partial charge >= 0.3 is 6.18 Å². The Morgan fingerprint density at radius 1 is 1.10 bits per heavy atom. The van der Waals surface area contributed by atoms with Crippen LogP contribution < -0.4 is 10.6 Å². The van der Waals surface area contributed by atoms with E-state index in [0.717, 1.165) is 17.7 Å². The standard InChI is InChI=1S/C28H24ClF3N4O3/c1-18-3-5-19(6-4-18)26(37)35-24(27(38)34-11-2-13-36-14-12-33-17-36)16-21-8-10-25(39-21)22-9-7-20(15-23(22)29)28(30,31)32/h3-10,12,14-17H,2,11,13H2,1H3,(H,34,38)(H,35,37). The van der Waals surface area contributed by atoms with Crippen LogP contribution in [-0.4, -0.2) is 27.9 Å². The number of hydrogen-bond donors (Lipinski definition) is 2. The largest absolute Gasteiger partial charge is 0.457 e. The number of rotatable bonds is 9. The summed E-state index contributed by atoms with van der Waals surface area (Å²) in [5, 5.41) is 5.26. The molecule has 4 aromatic rings. The Bertz CT molecular complexity index is 1480. The van der Waals surface area contributed by atoms with E-state index >= 15 is 0 Å². The van der Waals surface area contributed by atoms with Crippen molar-refractivity contribution in [3.63, 3.8) is 0 Å². The molecule has 0 unspecified atom stereocenters. The Morgan fingerprint density at radius 3 is 2.54 bits per heavy atom. The minimum Gasteiger partial charge on any atom is -0.457 e. The van der Waals surface area contributed by atoms with Crippen LogP contribution in [-0.2, 0) is 17.5 Å². The maximum atomic E-state index is 13.0. The first-order valence-corrected chi connectivity index (χ1v) is 12.3. The molecule has 0 saturated carbocycles. The summed E-state index contributed by atoms with van der Waals surface area (Å²) in [6.45, 7) is 2.87. The highest BCUT2D eigenvalue weighted by molar-refractivity contribution is 6.33. The van der Waals surface area contributed by atoms with Gasteiger partial charge in [-0.2, -0.15) is 13.2 Å². The molecule has 11 heteroatoms. The van der Waals surface area contributed by atoms with Gasteiger partial charge in [-0.3, -0.25) is 9.59 Å². The van der Waals surface area contributed by atoms with E-state index in [4.69, 9.17) is 16.0 Å². The molecule has 0 spiro atoms. The van der Waals surface area contributed by atoms with Crippen molar-refractivity contribution in [3.05, 3.63) is 106 Å². The molecule has 0 radical (unpaired) electrons. The predicted octanol–water partition coefficient (Wildman–Crippen LogP) is 6.10. The van der Waals surface area contributed by atoms with Crippen LogP contribution in [0.4, 0.5) is 13.2 Å². The van der Waals surface area contributed by atoms with E-state index in [1.54, 1.807) is 36.8 Å². The number of nitrogens with zero attached hydrogens (tertiary/aromatic N) is 2. The second-order valence-corrected chi connectivity index (χ2v) is 9.09. The fourth-order valence-corrected chi connectivity index (χ4v) is 3.92. The minimum atomic E-state index is -4.53. The van der Waals surface area contributed by atoms with Crippen molar-refractivity contribution in [2.45, 2.75) is 26.1 Å². The molecule has 2 aromatic carbocycles. The zero-order valence-electron chi connectivity index (χ0n) is 20.8. The molecule has 2 heterocycles. The lowest BCUT2D eigenvalue weighted by atomic mass is 10.1. The predicted molar refractivity (Wildman–Crippen MR) is 141 cm³/mol. The molecular formula is C28H24ClF3N4O3. The van der Waals surface area contributed by atoms with Gasteiger partial charge in [0, 0.05) is 42.7 Å². The van der Waals surface area contributed by atoms with Gasteiger partial charge < -0.3 is 19.6 Å². The van der Waals surface area contributed by atoms with Crippen molar-refractivity contribution in [3.8, 4) is 11.3 Å². The number of benzene rings is 2. The zero-order valence-corrected chi connectivity index (χ0v) is 21.5. The summed E-state index contributed by atoms with van der Waals surface area (Å²) in [7, 11) is 0. The van der Waals surface area contributed by atoms with E-state index in [2.05, 4.69) is 15.6 Å². The number of carbonyl (C=O) groups excluding carboxylic acids is 2. The summed E-state index contributed by atoms with van der Waals surface area (Å²) < 4.78 is 46.6. The van der Waals surface area contributed by atoms with Gasteiger partial charge in [0.2, 0.25) is 0 Å². The molecule has 2 aromatic heterocycles. The van der Waals surface area contributed by atoms with Gasteiger partial charge in [-0.15, -0.1) is 0 Å². The summed E-state index contributed by atoms with van der Waals surface area (Å²) in [5.41, 5.74) is 0.633. The molecule has 7 nitrogen and oxygen atoms in total. The first-order chi connectivity index (χ1) is 18.6. The molecule has 0 aliphatic carbocycles. The van der Waals surface area contributed by atoms with Gasteiger partial charge in [0.1, 0.15) is 17.2 Å². The Kier molecular flexibility index (Phi) is 8.55. The fraction of sp³-hybridized carbons (Fsp3) is 0.179. The highest BCUT2D eigenvalue weighted by Crippen LogP contribution is 2.36. The van der Waals surface area contributed by atoms with Crippen molar-refractivity contribution in [1.82, 2.24) is 20.2 Å². The van der Waals surface area contributed by atoms with Crippen LogP contribution in [0.1, 0.15) is 33.7 Å². The highest BCUT2D eigenvalue weighted by Gasteiger charge is 2.31. The Hall–Kier alpha value is -4.31. The summed E-state index contributed by atoms with van der Waals surface area (Å²) in [4.78, 5) is 29.8. The van der Waals surface area contributed by atoms with Crippen molar-refractivity contribution in [2.75, 3.05) is 6.54 Å². The topological polar surface area (TPSA) is 89.2 Å². The van der Waals surface area contributed by atoms with Crippen LogP contribution in [0.5, 0.6) is 0 Å².